The lowest BCUT2D eigenvalue weighted by atomic mass is 9.90. The minimum atomic E-state index is 0. The number of hydrogen-bond donors (Lipinski definition) is 1. The Morgan fingerprint density at radius 3 is 2.83 bits per heavy atom. The van der Waals surface area contributed by atoms with Crippen LogP contribution in [0.3, 0.4) is 0 Å². The molecule has 0 spiro atoms. The summed E-state index contributed by atoms with van der Waals surface area (Å²) in [6, 6.07) is 8.77. The third-order valence-corrected chi connectivity index (χ3v) is 5.74. The van der Waals surface area contributed by atoms with Gasteiger partial charge in [0.25, 0.3) is 0 Å². The number of ether oxygens (including phenoxy) is 1. The quantitative estimate of drug-likeness (QED) is 0.682. The number of aryl methyl sites for hydroxylation is 2. The highest BCUT2D eigenvalue weighted by atomic mass is 32.1. The molecule has 3 aromatic rings. The summed E-state index contributed by atoms with van der Waals surface area (Å²) in [5, 5.41) is 0. The summed E-state index contributed by atoms with van der Waals surface area (Å²) >= 11 is 0. The van der Waals surface area contributed by atoms with E-state index in [2.05, 4.69) is 51.0 Å². The molecule has 4 heterocycles. The molecule has 0 amide bonds. The molecular formula is C22H31N5OS. The lowest BCUT2D eigenvalue weighted by Gasteiger charge is -2.36. The van der Waals surface area contributed by atoms with Crippen LogP contribution in [0, 0.1) is 19.8 Å². The SMILES string of the molecule is COc1cc(C[C@H]2CCCN(C(C)c3ccc4[nH]c(C)nc4n3)C2)cc(C)n1.S. The molecule has 0 saturated carbocycles. The van der Waals surface area contributed by atoms with Gasteiger partial charge in [0, 0.05) is 24.3 Å². The standard InChI is InChI=1S/C22H29N5O.H2S/c1-14-10-18(12-21(23-14)28-4)11-17-6-5-9-27(13-17)15(2)19-7-8-20-22(26-19)25-16(3)24-20;/h7-8,10,12,15,17H,5-6,9,11,13H2,1-4H3,(H,24,25,26);1H2/t15?,17-;/m1./s1. The number of aromatic amines is 1. The zero-order chi connectivity index (χ0) is 19.7. The number of hydrogen-bond acceptors (Lipinski definition) is 5. The Morgan fingerprint density at radius 2 is 2.03 bits per heavy atom. The van der Waals surface area contributed by atoms with E-state index in [1.54, 1.807) is 7.11 Å². The molecule has 7 heteroatoms. The van der Waals surface area contributed by atoms with Crippen molar-refractivity contribution in [3.63, 3.8) is 0 Å². The van der Waals surface area contributed by atoms with Gasteiger partial charge in [-0.25, -0.2) is 15.0 Å². The van der Waals surface area contributed by atoms with Gasteiger partial charge >= 0.3 is 0 Å². The molecule has 1 unspecified atom stereocenters. The number of likely N-dealkylation sites (tertiary alicyclic amines) is 1. The molecule has 3 aromatic heterocycles. The van der Waals surface area contributed by atoms with E-state index in [4.69, 9.17) is 9.72 Å². The molecular weight excluding hydrogens is 382 g/mol. The van der Waals surface area contributed by atoms with Crippen LogP contribution in [0.25, 0.3) is 11.2 Å². The first-order chi connectivity index (χ1) is 13.5. The monoisotopic (exact) mass is 413 g/mol. The van der Waals surface area contributed by atoms with E-state index >= 15 is 0 Å². The van der Waals surface area contributed by atoms with Crippen LogP contribution in [-0.2, 0) is 6.42 Å². The van der Waals surface area contributed by atoms with Crippen molar-refractivity contribution in [1.29, 1.82) is 0 Å². The molecule has 0 radical (unpaired) electrons. The van der Waals surface area contributed by atoms with Crippen molar-refractivity contribution in [3.05, 3.63) is 47.0 Å². The number of fused-ring (bicyclic) bond motifs is 1. The van der Waals surface area contributed by atoms with Gasteiger partial charge in [-0.15, -0.1) is 0 Å². The molecule has 1 N–H and O–H groups in total. The molecule has 1 aliphatic rings. The number of piperidine rings is 1. The molecule has 6 nitrogen and oxygen atoms in total. The fourth-order valence-electron chi connectivity index (χ4n) is 4.33. The number of nitrogens with zero attached hydrogens (tertiary/aromatic N) is 4. The first-order valence-corrected chi connectivity index (χ1v) is 10.1. The summed E-state index contributed by atoms with van der Waals surface area (Å²) in [6.07, 6.45) is 3.55. The third-order valence-electron chi connectivity index (χ3n) is 5.74. The number of nitrogens with one attached hydrogen (secondary N) is 1. The van der Waals surface area contributed by atoms with Crippen LogP contribution in [0.4, 0.5) is 0 Å². The van der Waals surface area contributed by atoms with Gasteiger partial charge in [-0.05, 0) is 76.3 Å². The predicted molar refractivity (Wildman–Crippen MR) is 121 cm³/mol. The van der Waals surface area contributed by atoms with E-state index in [1.165, 1.54) is 18.4 Å². The maximum absolute atomic E-state index is 5.34. The Hall–Kier alpha value is -2.12. The van der Waals surface area contributed by atoms with Crippen LogP contribution < -0.4 is 4.74 Å². The van der Waals surface area contributed by atoms with E-state index in [9.17, 15) is 0 Å². The van der Waals surface area contributed by atoms with Gasteiger partial charge < -0.3 is 9.72 Å². The molecule has 0 aliphatic carbocycles. The summed E-state index contributed by atoms with van der Waals surface area (Å²) in [5.74, 6) is 2.26. The van der Waals surface area contributed by atoms with Gasteiger partial charge in [-0.2, -0.15) is 13.5 Å². The van der Waals surface area contributed by atoms with Crippen LogP contribution >= 0.6 is 13.5 Å². The fraction of sp³-hybridized carbons (Fsp3) is 0.500. The Balaban J connectivity index is 0.00000240. The van der Waals surface area contributed by atoms with Gasteiger partial charge in [0.2, 0.25) is 5.88 Å². The number of rotatable bonds is 5. The largest absolute Gasteiger partial charge is 0.481 e. The van der Waals surface area contributed by atoms with E-state index in [-0.39, 0.29) is 19.5 Å². The molecule has 0 bridgehead atoms. The predicted octanol–water partition coefficient (Wildman–Crippen LogP) is 4.11. The average Bonchev–Trinajstić information content (AvgIpc) is 3.06. The minimum Gasteiger partial charge on any atom is -0.481 e. The average molecular weight is 414 g/mol. The second-order valence-electron chi connectivity index (χ2n) is 7.97. The highest BCUT2D eigenvalue weighted by molar-refractivity contribution is 7.59. The van der Waals surface area contributed by atoms with Crippen molar-refractivity contribution >= 4 is 24.7 Å². The molecule has 2 atom stereocenters. The van der Waals surface area contributed by atoms with Gasteiger partial charge in [0.1, 0.15) is 5.82 Å². The van der Waals surface area contributed by atoms with Crippen molar-refractivity contribution in [2.75, 3.05) is 20.2 Å². The maximum atomic E-state index is 5.34. The highest BCUT2D eigenvalue weighted by Crippen LogP contribution is 2.29. The Labute approximate surface area is 179 Å². The van der Waals surface area contributed by atoms with Gasteiger partial charge in [-0.3, -0.25) is 4.90 Å². The van der Waals surface area contributed by atoms with Crippen molar-refractivity contribution in [1.82, 2.24) is 24.8 Å². The molecule has 1 saturated heterocycles. The van der Waals surface area contributed by atoms with Crippen LogP contribution in [0.5, 0.6) is 5.88 Å². The van der Waals surface area contributed by atoms with E-state index in [0.29, 0.717) is 11.8 Å². The molecule has 4 rings (SSSR count). The molecule has 29 heavy (non-hydrogen) atoms. The van der Waals surface area contributed by atoms with Gasteiger partial charge in [-0.1, -0.05) is 0 Å². The van der Waals surface area contributed by atoms with Crippen molar-refractivity contribution < 1.29 is 4.74 Å². The van der Waals surface area contributed by atoms with E-state index < -0.39 is 0 Å². The lowest BCUT2D eigenvalue weighted by Crippen LogP contribution is -2.38. The summed E-state index contributed by atoms with van der Waals surface area (Å²) in [5.41, 5.74) is 5.25. The summed E-state index contributed by atoms with van der Waals surface area (Å²) < 4.78 is 5.34. The molecule has 0 aromatic carbocycles. The zero-order valence-electron chi connectivity index (χ0n) is 17.7. The highest BCUT2D eigenvalue weighted by Gasteiger charge is 2.25. The maximum Gasteiger partial charge on any atom is 0.213 e. The number of H-pyrrole nitrogens is 1. The summed E-state index contributed by atoms with van der Waals surface area (Å²) in [7, 11) is 1.68. The second-order valence-corrected chi connectivity index (χ2v) is 7.97. The third kappa shape index (κ3) is 4.90. The van der Waals surface area contributed by atoms with Crippen molar-refractivity contribution in [3.8, 4) is 5.88 Å². The smallest absolute Gasteiger partial charge is 0.213 e. The van der Waals surface area contributed by atoms with Gasteiger partial charge in [0.05, 0.1) is 18.3 Å². The van der Waals surface area contributed by atoms with Gasteiger partial charge in [0.15, 0.2) is 5.65 Å². The second kappa shape index (κ2) is 9.13. The van der Waals surface area contributed by atoms with E-state index in [1.807, 2.05) is 13.8 Å². The minimum absolute atomic E-state index is 0. The molecule has 1 fully saturated rings. The first-order valence-electron chi connectivity index (χ1n) is 10.1. The number of methoxy groups -OCH3 is 1. The normalized spacial score (nSPS) is 18.4. The lowest BCUT2D eigenvalue weighted by molar-refractivity contribution is 0.129. The van der Waals surface area contributed by atoms with E-state index in [0.717, 1.165) is 47.9 Å². The number of imidazole rings is 1. The number of pyridine rings is 2. The van der Waals surface area contributed by atoms with Crippen LogP contribution in [0.2, 0.25) is 0 Å². The van der Waals surface area contributed by atoms with Crippen LogP contribution in [-0.4, -0.2) is 45.0 Å². The van der Waals surface area contributed by atoms with Crippen molar-refractivity contribution in [2.45, 2.75) is 46.1 Å². The topological polar surface area (TPSA) is 66.9 Å². The summed E-state index contributed by atoms with van der Waals surface area (Å²) in [4.78, 5) is 19.5. The number of aromatic nitrogens is 4. The fourth-order valence-corrected chi connectivity index (χ4v) is 4.33. The Bertz CT molecular complexity index is 973. The van der Waals surface area contributed by atoms with Crippen molar-refractivity contribution in [2.24, 2.45) is 5.92 Å². The molecule has 156 valence electrons. The van der Waals surface area contributed by atoms with Crippen LogP contribution in [0.15, 0.2) is 24.3 Å². The first kappa shape index (κ1) is 21.6. The summed E-state index contributed by atoms with van der Waals surface area (Å²) in [6.45, 7) is 8.46. The van der Waals surface area contributed by atoms with Crippen LogP contribution in [0.1, 0.15) is 48.6 Å². The molecule has 1 aliphatic heterocycles. The zero-order valence-corrected chi connectivity index (χ0v) is 18.7. The Morgan fingerprint density at radius 1 is 1.21 bits per heavy atom. The Kier molecular flexibility index (Phi) is 6.80.